The van der Waals surface area contributed by atoms with Gasteiger partial charge in [-0.05, 0) is 36.6 Å². The number of fused-ring (bicyclic) bond motifs is 1. The van der Waals surface area contributed by atoms with Crippen LogP contribution in [0.4, 0.5) is 0 Å². The first-order valence-electron chi connectivity index (χ1n) is 7.55. The Labute approximate surface area is 129 Å². The van der Waals surface area contributed by atoms with E-state index in [1.165, 1.54) is 5.56 Å². The largest absolute Gasteiger partial charge is 0.350 e. The molecule has 0 saturated carbocycles. The van der Waals surface area contributed by atoms with E-state index in [1.54, 1.807) is 0 Å². The molecule has 0 fully saturated rings. The Morgan fingerprint density at radius 2 is 1.91 bits per heavy atom. The van der Waals surface area contributed by atoms with Crippen LogP contribution in [0.1, 0.15) is 24.1 Å². The average molecular weight is 293 g/mol. The minimum atomic E-state index is 0.0768. The molecular formula is C18H19N3O. The number of carbonyl (C=O) groups excluding carboxylic acids is 1. The zero-order valence-electron chi connectivity index (χ0n) is 12.4. The third-order valence-corrected chi connectivity index (χ3v) is 3.60. The third kappa shape index (κ3) is 3.73. The van der Waals surface area contributed by atoms with Crippen LogP contribution in [0.3, 0.4) is 0 Å². The predicted octanol–water partition coefficient (Wildman–Crippen LogP) is 2.97. The second-order valence-corrected chi connectivity index (χ2v) is 5.32. The van der Waals surface area contributed by atoms with Crippen molar-refractivity contribution in [3.8, 4) is 0 Å². The smallest absolute Gasteiger partial charge is 0.220 e. The van der Waals surface area contributed by atoms with E-state index in [0.717, 1.165) is 24.1 Å². The van der Waals surface area contributed by atoms with Crippen LogP contribution in [0, 0.1) is 0 Å². The molecule has 3 aromatic rings. The van der Waals surface area contributed by atoms with Crippen LogP contribution in [-0.4, -0.2) is 15.5 Å². The van der Waals surface area contributed by atoms with E-state index in [2.05, 4.69) is 22.5 Å². The molecule has 1 amide bonds. The molecule has 0 radical (unpaired) electrons. The molecule has 0 saturated heterocycles. The molecule has 0 bridgehead atoms. The lowest BCUT2D eigenvalue weighted by molar-refractivity contribution is -0.121. The van der Waals surface area contributed by atoms with Crippen LogP contribution in [0.15, 0.2) is 60.8 Å². The number of benzene rings is 1. The number of carbonyl (C=O) groups is 1. The molecule has 1 aromatic carbocycles. The minimum absolute atomic E-state index is 0.0768. The first kappa shape index (κ1) is 14.3. The molecule has 112 valence electrons. The summed E-state index contributed by atoms with van der Waals surface area (Å²) >= 11 is 0. The highest BCUT2D eigenvalue weighted by molar-refractivity contribution is 5.75. The first-order valence-corrected chi connectivity index (χ1v) is 7.55. The van der Waals surface area contributed by atoms with Crippen molar-refractivity contribution in [3.05, 3.63) is 72.1 Å². The number of nitrogens with zero attached hydrogens (tertiary/aromatic N) is 2. The van der Waals surface area contributed by atoms with Gasteiger partial charge in [0.25, 0.3) is 0 Å². The van der Waals surface area contributed by atoms with Gasteiger partial charge in [-0.2, -0.15) is 5.10 Å². The highest BCUT2D eigenvalue weighted by atomic mass is 16.1. The third-order valence-electron chi connectivity index (χ3n) is 3.60. The summed E-state index contributed by atoms with van der Waals surface area (Å²) in [7, 11) is 0. The topological polar surface area (TPSA) is 46.4 Å². The number of hydrogen-bond acceptors (Lipinski definition) is 2. The van der Waals surface area contributed by atoms with Crippen LogP contribution >= 0.6 is 0 Å². The molecule has 4 nitrogen and oxygen atoms in total. The number of nitrogens with one attached hydrogen (secondary N) is 1. The Morgan fingerprint density at radius 3 is 2.73 bits per heavy atom. The van der Waals surface area contributed by atoms with Crippen LogP contribution in [0.25, 0.3) is 5.52 Å². The van der Waals surface area contributed by atoms with Crippen molar-refractivity contribution < 1.29 is 4.79 Å². The van der Waals surface area contributed by atoms with Crippen LogP contribution in [0.2, 0.25) is 0 Å². The fourth-order valence-corrected chi connectivity index (χ4v) is 2.45. The Kier molecular flexibility index (Phi) is 4.49. The van der Waals surface area contributed by atoms with Gasteiger partial charge in [0.2, 0.25) is 5.91 Å². The van der Waals surface area contributed by atoms with E-state index in [1.807, 2.05) is 53.2 Å². The maximum Gasteiger partial charge on any atom is 0.220 e. The standard InChI is InChI=1S/C18H19N3O/c22-18(11-6-9-15-7-2-1-3-8-15)19-14-16-13-17-10-4-5-12-21(17)20-16/h1-5,7-8,10,12-13H,6,9,11,14H2,(H,19,22). The van der Waals surface area contributed by atoms with E-state index >= 15 is 0 Å². The molecule has 2 heterocycles. The zero-order chi connectivity index (χ0) is 15.2. The van der Waals surface area contributed by atoms with Crippen molar-refractivity contribution in [2.45, 2.75) is 25.8 Å². The summed E-state index contributed by atoms with van der Waals surface area (Å²) in [5.41, 5.74) is 3.19. The molecule has 0 spiro atoms. The highest BCUT2D eigenvalue weighted by Gasteiger charge is 2.04. The summed E-state index contributed by atoms with van der Waals surface area (Å²) < 4.78 is 1.82. The fourth-order valence-electron chi connectivity index (χ4n) is 2.45. The molecule has 0 aliphatic heterocycles. The van der Waals surface area contributed by atoms with Gasteiger partial charge in [0.1, 0.15) is 0 Å². The summed E-state index contributed by atoms with van der Waals surface area (Å²) in [6.45, 7) is 0.478. The second-order valence-electron chi connectivity index (χ2n) is 5.32. The number of pyridine rings is 1. The number of rotatable bonds is 6. The molecule has 2 aromatic heterocycles. The minimum Gasteiger partial charge on any atom is -0.350 e. The van der Waals surface area contributed by atoms with Gasteiger partial charge in [-0.15, -0.1) is 0 Å². The number of amides is 1. The lowest BCUT2D eigenvalue weighted by Crippen LogP contribution is -2.22. The van der Waals surface area contributed by atoms with E-state index < -0.39 is 0 Å². The maximum atomic E-state index is 11.9. The van der Waals surface area contributed by atoms with E-state index in [-0.39, 0.29) is 5.91 Å². The molecule has 0 aliphatic rings. The van der Waals surface area contributed by atoms with Crippen LogP contribution < -0.4 is 5.32 Å². The van der Waals surface area contributed by atoms with Crippen molar-refractivity contribution in [2.24, 2.45) is 0 Å². The maximum absolute atomic E-state index is 11.9. The fraction of sp³-hybridized carbons (Fsp3) is 0.222. The van der Waals surface area contributed by atoms with Gasteiger partial charge in [-0.1, -0.05) is 36.4 Å². The Hall–Kier alpha value is -2.62. The lowest BCUT2D eigenvalue weighted by atomic mass is 10.1. The zero-order valence-corrected chi connectivity index (χ0v) is 12.4. The number of aryl methyl sites for hydroxylation is 1. The highest BCUT2D eigenvalue weighted by Crippen LogP contribution is 2.06. The van der Waals surface area contributed by atoms with Gasteiger partial charge in [0, 0.05) is 12.6 Å². The van der Waals surface area contributed by atoms with Crippen molar-refractivity contribution in [2.75, 3.05) is 0 Å². The van der Waals surface area contributed by atoms with Crippen molar-refractivity contribution >= 4 is 11.4 Å². The molecule has 0 atom stereocenters. The SMILES string of the molecule is O=C(CCCc1ccccc1)NCc1cc2ccccn2n1. The van der Waals surface area contributed by atoms with Crippen LogP contribution in [-0.2, 0) is 17.8 Å². The Balaban J connectivity index is 1.44. The Morgan fingerprint density at radius 1 is 1.09 bits per heavy atom. The lowest BCUT2D eigenvalue weighted by Gasteiger charge is -2.03. The van der Waals surface area contributed by atoms with Gasteiger partial charge in [-0.25, -0.2) is 4.52 Å². The van der Waals surface area contributed by atoms with Crippen molar-refractivity contribution in [3.63, 3.8) is 0 Å². The molecule has 1 N–H and O–H groups in total. The number of aromatic nitrogens is 2. The normalized spacial score (nSPS) is 10.7. The average Bonchev–Trinajstić information content (AvgIpc) is 2.97. The number of hydrogen-bond donors (Lipinski definition) is 1. The molecule has 0 unspecified atom stereocenters. The summed E-state index contributed by atoms with van der Waals surface area (Å²) in [6, 6.07) is 18.1. The molecule has 4 heteroatoms. The van der Waals surface area contributed by atoms with Gasteiger partial charge in [-0.3, -0.25) is 4.79 Å². The molecule has 22 heavy (non-hydrogen) atoms. The van der Waals surface area contributed by atoms with E-state index in [4.69, 9.17) is 0 Å². The second kappa shape index (κ2) is 6.89. The molecule has 0 aliphatic carbocycles. The van der Waals surface area contributed by atoms with E-state index in [0.29, 0.717) is 13.0 Å². The van der Waals surface area contributed by atoms with Gasteiger partial charge >= 0.3 is 0 Å². The Bertz CT molecular complexity index is 716. The van der Waals surface area contributed by atoms with Gasteiger partial charge in [0.05, 0.1) is 17.8 Å². The monoisotopic (exact) mass is 293 g/mol. The summed E-state index contributed by atoms with van der Waals surface area (Å²) in [5, 5.41) is 7.35. The summed E-state index contributed by atoms with van der Waals surface area (Å²) in [5.74, 6) is 0.0768. The van der Waals surface area contributed by atoms with Crippen molar-refractivity contribution in [1.29, 1.82) is 0 Å². The van der Waals surface area contributed by atoms with Gasteiger partial charge in [0.15, 0.2) is 0 Å². The quantitative estimate of drug-likeness (QED) is 0.759. The first-order chi connectivity index (χ1) is 10.8. The van der Waals surface area contributed by atoms with E-state index in [9.17, 15) is 4.79 Å². The molecule has 3 rings (SSSR count). The molecular weight excluding hydrogens is 274 g/mol. The predicted molar refractivity (Wildman–Crippen MR) is 86.4 cm³/mol. The van der Waals surface area contributed by atoms with Gasteiger partial charge < -0.3 is 5.32 Å². The summed E-state index contributed by atoms with van der Waals surface area (Å²) in [6.07, 6.45) is 4.24. The van der Waals surface area contributed by atoms with Crippen molar-refractivity contribution in [1.82, 2.24) is 14.9 Å². The van der Waals surface area contributed by atoms with Crippen LogP contribution in [0.5, 0.6) is 0 Å². The summed E-state index contributed by atoms with van der Waals surface area (Å²) in [4.78, 5) is 11.9.